The summed E-state index contributed by atoms with van der Waals surface area (Å²) in [5.41, 5.74) is 2.46. The van der Waals surface area contributed by atoms with E-state index in [4.69, 9.17) is 5.11 Å². The molecule has 2 fully saturated rings. The summed E-state index contributed by atoms with van der Waals surface area (Å²) in [6, 6.07) is 9.23. The Kier molecular flexibility index (Phi) is 3.87. The molecule has 1 saturated heterocycles. The molecule has 0 aromatic heterocycles. The Morgan fingerprint density at radius 1 is 1.26 bits per heavy atom. The van der Waals surface area contributed by atoms with Crippen molar-refractivity contribution in [2.45, 2.75) is 38.3 Å². The van der Waals surface area contributed by atoms with Crippen LogP contribution < -0.4 is 0 Å². The van der Waals surface area contributed by atoms with Crippen LogP contribution >= 0.6 is 0 Å². The van der Waals surface area contributed by atoms with E-state index in [0.717, 1.165) is 24.1 Å². The molecule has 19 heavy (non-hydrogen) atoms. The number of piperidine rings is 1. The Bertz CT molecular complexity index is 499. The fourth-order valence-electron chi connectivity index (χ4n) is 3.43. The smallest absolute Gasteiger partial charge is 0.0540 e. The van der Waals surface area contributed by atoms with Gasteiger partial charge in [0.05, 0.1) is 6.61 Å². The topological polar surface area (TPSA) is 23.5 Å². The minimum atomic E-state index is 0.144. The molecule has 1 aliphatic heterocycles. The summed E-state index contributed by atoms with van der Waals surface area (Å²) in [6.45, 7) is 2.44. The van der Waals surface area contributed by atoms with Gasteiger partial charge < -0.3 is 5.11 Å². The first kappa shape index (κ1) is 12.7. The summed E-state index contributed by atoms with van der Waals surface area (Å²) < 4.78 is 0. The molecule has 0 radical (unpaired) electrons. The third-order valence-corrected chi connectivity index (χ3v) is 4.37. The van der Waals surface area contributed by atoms with Crippen molar-refractivity contribution < 1.29 is 5.11 Å². The fourth-order valence-corrected chi connectivity index (χ4v) is 3.43. The molecule has 2 unspecified atom stereocenters. The monoisotopic (exact) mass is 255 g/mol. The van der Waals surface area contributed by atoms with Crippen molar-refractivity contribution in [3.05, 3.63) is 35.4 Å². The van der Waals surface area contributed by atoms with Gasteiger partial charge in [-0.3, -0.25) is 4.90 Å². The van der Waals surface area contributed by atoms with Gasteiger partial charge in [-0.05, 0) is 36.8 Å². The fraction of sp³-hybridized carbons (Fsp3) is 0.529. The van der Waals surface area contributed by atoms with Crippen LogP contribution in [0.1, 0.15) is 36.8 Å². The minimum Gasteiger partial charge on any atom is -0.395 e. The molecule has 2 aliphatic rings. The predicted molar refractivity (Wildman–Crippen MR) is 76.6 cm³/mol. The maximum absolute atomic E-state index is 8.80. The zero-order chi connectivity index (χ0) is 13.1. The molecule has 3 rings (SSSR count). The SMILES string of the molecule is OCCC#Cc1ccccc1CN1CC2CCC1C2. The normalized spacial score (nSPS) is 25.3. The zero-order valence-electron chi connectivity index (χ0n) is 11.3. The van der Waals surface area contributed by atoms with E-state index in [1.807, 2.05) is 6.07 Å². The highest BCUT2D eigenvalue weighted by molar-refractivity contribution is 5.41. The van der Waals surface area contributed by atoms with Crippen molar-refractivity contribution in [2.24, 2.45) is 5.92 Å². The molecule has 1 saturated carbocycles. The highest BCUT2D eigenvalue weighted by Gasteiger charge is 2.37. The third kappa shape index (κ3) is 2.83. The van der Waals surface area contributed by atoms with Crippen LogP contribution in [0, 0.1) is 17.8 Å². The van der Waals surface area contributed by atoms with Gasteiger partial charge in [-0.1, -0.05) is 30.0 Å². The van der Waals surface area contributed by atoms with Gasteiger partial charge in [0.1, 0.15) is 0 Å². The second-order valence-corrected chi connectivity index (χ2v) is 5.69. The summed E-state index contributed by atoms with van der Waals surface area (Å²) in [7, 11) is 0. The summed E-state index contributed by atoms with van der Waals surface area (Å²) in [5.74, 6) is 7.17. The Morgan fingerprint density at radius 3 is 2.89 bits per heavy atom. The summed E-state index contributed by atoms with van der Waals surface area (Å²) in [6.07, 6.45) is 4.77. The first-order chi connectivity index (χ1) is 9.36. The molecule has 2 atom stereocenters. The van der Waals surface area contributed by atoms with E-state index in [9.17, 15) is 0 Å². The van der Waals surface area contributed by atoms with Crippen molar-refractivity contribution >= 4 is 0 Å². The molecule has 0 amide bonds. The van der Waals surface area contributed by atoms with Gasteiger partial charge >= 0.3 is 0 Å². The summed E-state index contributed by atoms with van der Waals surface area (Å²) in [5, 5.41) is 8.80. The maximum Gasteiger partial charge on any atom is 0.0540 e. The molecular weight excluding hydrogens is 234 g/mol. The van der Waals surface area contributed by atoms with Gasteiger partial charge in [-0.2, -0.15) is 0 Å². The Morgan fingerprint density at radius 2 is 2.16 bits per heavy atom. The second kappa shape index (κ2) is 5.77. The Hall–Kier alpha value is -1.30. The molecular formula is C17H21NO. The van der Waals surface area contributed by atoms with Crippen LogP contribution in [0.5, 0.6) is 0 Å². The maximum atomic E-state index is 8.80. The number of nitrogens with zero attached hydrogens (tertiary/aromatic N) is 1. The minimum absolute atomic E-state index is 0.144. The largest absolute Gasteiger partial charge is 0.395 e. The third-order valence-electron chi connectivity index (χ3n) is 4.37. The van der Waals surface area contributed by atoms with Crippen LogP contribution in [0.2, 0.25) is 0 Å². The van der Waals surface area contributed by atoms with Crippen LogP contribution in [0.25, 0.3) is 0 Å². The van der Waals surface area contributed by atoms with E-state index < -0.39 is 0 Å². The number of rotatable bonds is 3. The standard InChI is InChI=1S/C17H21NO/c19-10-4-3-6-15-5-1-2-7-16(15)13-18-12-14-8-9-17(18)11-14/h1-2,5,7,14,17,19H,4,8-13H2. The quantitative estimate of drug-likeness (QED) is 0.838. The Balaban J connectivity index is 1.72. The van der Waals surface area contributed by atoms with Crippen LogP contribution in [0.4, 0.5) is 0 Å². The highest BCUT2D eigenvalue weighted by atomic mass is 16.2. The number of likely N-dealkylation sites (tertiary alicyclic amines) is 1. The molecule has 1 aromatic carbocycles. The number of hydrogen-bond acceptors (Lipinski definition) is 2. The molecule has 1 N–H and O–H groups in total. The van der Waals surface area contributed by atoms with E-state index in [1.54, 1.807) is 0 Å². The van der Waals surface area contributed by atoms with Gasteiger partial charge in [-0.25, -0.2) is 0 Å². The van der Waals surface area contributed by atoms with E-state index >= 15 is 0 Å². The molecule has 1 heterocycles. The van der Waals surface area contributed by atoms with Crippen LogP contribution in [-0.4, -0.2) is 29.2 Å². The van der Waals surface area contributed by atoms with Crippen LogP contribution in [0.3, 0.4) is 0 Å². The van der Waals surface area contributed by atoms with Gasteiger partial charge in [0.15, 0.2) is 0 Å². The van der Waals surface area contributed by atoms with Gasteiger partial charge in [-0.15, -0.1) is 0 Å². The van der Waals surface area contributed by atoms with Gasteiger partial charge in [0.25, 0.3) is 0 Å². The average Bonchev–Trinajstić information content (AvgIpc) is 3.03. The lowest BCUT2D eigenvalue weighted by Crippen LogP contribution is -2.31. The first-order valence-corrected chi connectivity index (χ1v) is 7.28. The molecule has 100 valence electrons. The van der Waals surface area contributed by atoms with E-state index in [-0.39, 0.29) is 6.61 Å². The number of aliphatic hydroxyl groups is 1. The van der Waals surface area contributed by atoms with E-state index in [1.165, 1.54) is 31.4 Å². The van der Waals surface area contributed by atoms with Crippen molar-refractivity contribution in [2.75, 3.05) is 13.2 Å². The van der Waals surface area contributed by atoms with Gasteiger partial charge in [0, 0.05) is 31.1 Å². The summed E-state index contributed by atoms with van der Waals surface area (Å²) in [4.78, 5) is 2.63. The molecule has 2 heteroatoms. The van der Waals surface area contributed by atoms with Crippen LogP contribution in [0.15, 0.2) is 24.3 Å². The summed E-state index contributed by atoms with van der Waals surface area (Å²) >= 11 is 0. The molecule has 2 bridgehead atoms. The highest BCUT2D eigenvalue weighted by Crippen LogP contribution is 2.38. The molecule has 1 aliphatic carbocycles. The van der Waals surface area contributed by atoms with Crippen LogP contribution in [-0.2, 0) is 6.54 Å². The second-order valence-electron chi connectivity index (χ2n) is 5.69. The zero-order valence-corrected chi connectivity index (χ0v) is 11.3. The van der Waals surface area contributed by atoms with E-state index in [0.29, 0.717) is 6.42 Å². The lowest BCUT2D eigenvalue weighted by Gasteiger charge is -2.27. The Labute approximate surface area is 115 Å². The number of benzene rings is 1. The lowest BCUT2D eigenvalue weighted by atomic mass is 10.1. The van der Waals surface area contributed by atoms with Crippen molar-refractivity contribution in [3.63, 3.8) is 0 Å². The number of fused-ring (bicyclic) bond motifs is 2. The van der Waals surface area contributed by atoms with Crippen molar-refractivity contribution in [1.29, 1.82) is 0 Å². The average molecular weight is 255 g/mol. The van der Waals surface area contributed by atoms with Gasteiger partial charge in [0.2, 0.25) is 0 Å². The first-order valence-electron chi connectivity index (χ1n) is 7.28. The number of aliphatic hydroxyl groups excluding tert-OH is 1. The van der Waals surface area contributed by atoms with Crippen molar-refractivity contribution in [3.8, 4) is 11.8 Å². The molecule has 2 nitrogen and oxygen atoms in total. The number of hydrogen-bond donors (Lipinski definition) is 1. The predicted octanol–water partition coefficient (Wildman–Crippen LogP) is 2.40. The van der Waals surface area contributed by atoms with E-state index in [2.05, 4.69) is 34.9 Å². The molecule has 1 aromatic rings. The molecule has 0 spiro atoms. The van der Waals surface area contributed by atoms with Crippen molar-refractivity contribution in [1.82, 2.24) is 4.90 Å². The lowest BCUT2D eigenvalue weighted by molar-refractivity contribution is 0.205.